The summed E-state index contributed by atoms with van der Waals surface area (Å²) >= 11 is 0. The van der Waals surface area contributed by atoms with Crippen molar-refractivity contribution in [3.8, 4) is 5.75 Å². The minimum Gasteiger partial charge on any atom is -0.484 e. The van der Waals surface area contributed by atoms with Crippen LogP contribution in [0.25, 0.3) is 10.9 Å². The number of hydrogen-bond donors (Lipinski definition) is 2. The second kappa shape index (κ2) is 9.04. The van der Waals surface area contributed by atoms with Crippen LogP contribution in [0.5, 0.6) is 5.75 Å². The molecule has 0 spiro atoms. The number of amides is 1. The Morgan fingerprint density at radius 1 is 1.28 bits per heavy atom. The van der Waals surface area contributed by atoms with Gasteiger partial charge in [-0.1, -0.05) is 19.1 Å². The third-order valence-corrected chi connectivity index (χ3v) is 5.69. The molecule has 0 radical (unpaired) electrons. The number of aromatic amines is 1. The molecule has 32 heavy (non-hydrogen) atoms. The molecular formula is C23H24F2N4O3. The van der Waals surface area contributed by atoms with Crippen molar-refractivity contribution in [3.05, 3.63) is 69.3 Å². The number of aromatic nitrogens is 2. The average Bonchev–Trinajstić information content (AvgIpc) is 3.23. The van der Waals surface area contributed by atoms with Gasteiger partial charge in [-0.25, -0.2) is 9.37 Å². The Morgan fingerprint density at radius 3 is 2.81 bits per heavy atom. The molecule has 1 aliphatic heterocycles. The van der Waals surface area contributed by atoms with Crippen LogP contribution in [-0.2, 0) is 13.0 Å². The highest BCUT2D eigenvalue weighted by molar-refractivity contribution is 5.92. The first kappa shape index (κ1) is 21.9. The lowest BCUT2D eigenvalue weighted by atomic mass is 10.1. The lowest BCUT2D eigenvalue weighted by Crippen LogP contribution is -2.25. The third-order valence-electron chi connectivity index (χ3n) is 5.69. The molecular weight excluding hydrogens is 418 g/mol. The number of fused-ring (bicyclic) bond motifs is 1. The van der Waals surface area contributed by atoms with E-state index in [2.05, 4.69) is 15.3 Å². The Kier molecular flexibility index (Phi) is 6.18. The van der Waals surface area contributed by atoms with Crippen molar-refractivity contribution in [2.75, 3.05) is 20.1 Å². The normalized spacial score (nSPS) is 16.4. The Balaban J connectivity index is 1.44. The fourth-order valence-electron chi connectivity index (χ4n) is 3.93. The number of benzene rings is 1. The third kappa shape index (κ3) is 4.34. The van der Waals surface area contributed by atoms with Gasteiger partial charge in [-0.3, -0.25) is 14.5 Å². The van der Waals surface area contributed by atoms with Gasteiger partial charge in [0.2, 0.25) is 0 Å². The number of likely N-dealkylation sites (tertiary alicyclic amines) is 1. The summed E-state index contributed by atoms with van der Waals surface area (Å²) in [5, 5.41) is 3.05. The minimum absolute atomic E-state index is 0.0225. The maximum Gasteiger partial charge on any atom is 0.269 e. The van der Waals surface area contributed by atoms with Gasteiger partial charge in [0, 0.05) is 43.2 Å². The standard InChI is InChI=1S/C23H24F2N4O3/c1-3-13-10-14-4-5-15(19(24)20(14)28-22(13)30)11-29-9-8-16(12-29)32-18-7-6-17(23(31)26-2)27-21(18)25/h4-7,10,16H,3,8-9,11-12H2,1-2H3,(H,26,31)(H,28,30). The summed E-state index contributed by atoms with van der Waals surface area (Å²) in [4.78, 5) is 31.9. The van der Waals surface area contributed by atoms with Crippen molar-refractivity contribution in [1.29, 1.82) is 0 Å². The van der Waals surface area contributed by atoms with Gasteiger partial charge in [0.25, 0.3) is 17.4 Å². The van der Waals surface area contributed by atoms with Gasteiger partial charge in [-0.15, -0.1) is 0 Å². The van der Waals surface area contributed by atoms with E-state index < -0.39 is 17.7 Å². The van der Waals surface area contributed by atoms with Gasteiger partial charge in [-0.05, 0) is 31.0 Å². The van der Waals surface area contributed by atoms with Crippen LogP contribution >= 0.6 is 0 Å². The summed E-state index contributed by atoms with van der Waals surface area (Å²) in [6, 6.07) is 8.05. The average molecular weight is 442 g/mol. The van der Waals surface area contributed by atoms with E-state index in [0.29, 0.717) is 49.0 Å². The van der Waals surface area contributed by atoms with Crippen LogP contribution in [0, 0.1) is 11.8 Å². The van der Waals surface area contributed by atoms with Gasteiger partial charge in [0.05, 0.1) is 5.52 Å². The minimum atomic E-state index is -0.847. The van der Waals surface area contributed by atoms with E-state index in [1.807, 2.05) is 17.9 Å². The predicted molar refractivity (Wildman–Crippen MR) is 116 cm³/mol. The summed E-state index contributed by atoms with van der Waals surface area (Å²) in [7, 11) is 1.44. The smallest absolute Gasteiger partial charge is 0.269 e. The van der Waals surface area contributed by atoms with Crippen molar-refractivity contribution in [2.45, 2.75) is 32.4 Å². The SMILES string of the molecule is CCc1cc2ccc(CN3CCC(Oc4ccc(C(=O)NC)nc4F)C3)c(F)c2[nH]c1=O. The molecule has 2 N–H and O–H groups in total. The number of H-pyrrole nitrogens is 1. The summed E-state index contributed by atoms with van der Waals surface area (Å²) in [6.45, 7) is 3.36. The second-order valence-corrected chi connectivity index (χ2v) is 7.81. The van der Waals surface area contributed by atoms with E-state index in [-0.39, 0.29) is 28.6 Å². The van der Waals surface area contributed by atoms with Crippen molar-refractivity contribution in [3.63, 3.8) is 0 Å². The maximum atomic E-state index is 15.0. The molecule has 1 fully saturated rings. The first-order valence-electron chi connectivity index (χ1n) is 10.5. The van der Waals surface area contributed by atoms with Gasteiger partial charge in [0.15, 0.2) is 11.6 Å². The first-order valence-corrected chi connectivity index (χ1v) is 10.5. The Hall–Kier alpha value is -3.33. The van der Waals surface area contributed by atoms with E-state index in [1.165, 1.54) is 19.2 Å². The molecule has 2 aromatic heterocycles. The largest absolute Gasteiger partial charge is 0.484 e. The van der Waals surface area contributed by atoms with E-state index in [4.69, 9.17) is 4.74 Å². The number of pyridine rings is 2. The molecule has 0 saturated carbocycles. The number of rotatable bonds is 6. The van der Waals surface area contributed by atoms with Crippen LogP contribution in [0.1, 0.15) is 35.0 Å². The van der Waals surface area contributed by atoms with Gasteiger partial charge in [0.1, 0.15) is 11.8 Å². The molecule has 3 aromatic rings. The monoisotopic (exact) mass is 442 g/mol. The number of halogens is 2. The highest BCUT2D eigenvalue weighted by Gasteiger charge is 2.26. The molecule has 1 aromatic carbocycles. The van der Waals surface area contributed by atoms with Crippen LogP contribution in [-0.4, -0.2) is 47.0 Å². The number of carbonyl (C=O) groups is 1. The Morgan fingerprint density at radius 2 is 2.09 bits per heavy atom. The van der Waals surface area contributed by atoms with Crippen LogP contribution in [0.15, 0.2) is 35.1 Å². The van der Waals surface area contributed by atoms with Crippen LogP contribution < -0.4 is 15.6 Å². The number of aryl methyl sites for hydroxylation is 1. The molecule has 4 rings (SSSR count). The molecule has 1 aliphatic rings. The summed E-state index contributed by atoms with van der Waals surface area (Å²) in [5.41, 5.74) is 1.00. The second-order valence-electron chi connectivity index (χ2n) is 7.81. The molecule has 1 atom stereocenters. The highest BCUT2D eigenvalue weighted by atomic mass is 19.1. The zero-order chi connectivity index (χ0) is 22.8. The number of carbonyl (C=O) groups excluding carboxylic acids is 1. The summed E-state index contributed by atoms with van der Waals surface area (Å²) in [5.74, 6) is -1.79. The topological polar surface area (TPSA) is 87.3 Å². The van der Waals surface area contributed by atoms with Crippen molar-refractivity contribution >= 4 is 16.8 Å². The summed E-state index contributed by atoms with van der Waals surface area (Å²) < 4.78 is 35.0. The fraction of sp³-hybridized carbons (Fsp3) is 0.348. The quantitative estimate of drug-likeness (QED) is 0.574. The molecule has 1 amide bonds. The van der Waals surface area contributed by atoms with Crippen molar-refractivity contribution in [1.82, 2.24) is 20.2 Å². The lowest BCUT2D eigenvalue weighted by Gasteiger charge is -2.18. The number of hydrogen-bond acceptors (Lipinski definition) is 5. The molecule has 1 unspecified atom stereocenters. The maximum absolute atomic E-state index is 15.0. The number of nitrogens with zero attached hydrogens (tertiary/aromatic N) is 2. The first-order chi connectivity index (χ1) is 15.4. The van der Waals surface area contributed by atoms with Gasteiger partial charge < -0.3 is 15.0 Å². The molecule has 0 bridgehead atoms. The highest BCUT2D eigenvalue weighted by Crippen LogP contribution is 2.25. The van der Waals surface area contributed by atoms with E-state index in [1.54, 1.807) is 12.1 Å². The van der Waals surface area contributed by atoms with Crippen LogP contribution in [0.4, 0.5) is 8.78 Å². The number of nitrogens with one attached hydrogen (secondary N) is 2. The molecule has 168 valence electrons. The molecule has 0 aliphatic carbocycles. The fourth-order valence-corrected chi connectivity index (χ4v) is 3.93. The van der Waals surface area contributed by atoms with Gasteiger partial charge in [-0.2, -0.15) is 4.39 Å². The van der Waals surface area contributed by atoms with Crippen LogP contribution in [0.2, 0.25) is 0 Å². The molecule has 7 nitrogen and oxygen atoms in total. The Labute approximate surface area is 183 Å². The molecule has 1 saturated heterocycles. The van der Waals surface area contributed by atoms with Crippen LogP contribution in [0.3, 0.4) is 0 Å². The van der Waals surface area contributed by atoms with Gasteiger partial charge >= 0.3 is 0 Å². The zero-order valence-electron chi connectivity index (χ0n) is 17.9. The van der Waals surface area contributed by atoms with E-state index >= 15 is 4.39 Å². The zero-order valence-corrected chi connectivity index (χ0v) is 17.9. The Bertz CT molecular complexity index is 1230. The van der Waals surface area contributed by atoms with E-state index in [0.717, 1.165) is 0 Å². The van der Waals surface area contributed by atoms with Crippen molar-refractivity contribution < 1.29 is 18.3 Å². The summed E-state index contributed by atoms with van der Waals surface area (Å²) in [6.07, 6.45) is 0.935. The predicted octanol–water partition coefficient (Wildman–Crippen LogP) is 2.78. The molecule has 3 heterocycles. The lowest BCUT2D eigenvalue weighted by molar-refractivity contribution is 0.0956. The molecule has 9 heteroatoms. The number of ether oxygens (including phenoxy) is 1. The van der Waals surface area contributed by atoms with E-state index in [9.17, 15) is 14.0 Å². The van der Waals surface area contributed by atoms with Crippen molar-refractivity contribution in [2.24, 2.45) is 0 Å².